The van der Waals surface area contributed by atoms with Crippen molar-refractivity contribution in [2.24, 2.45) is 5.92 Å². The van der Waals surface area contributed by atoms with Crippen molar-refractivity contribution in [1.82, 2.24) is 15.2 Å². The van der Waals surface area contributed by atoms with Gasteiger partial charge in [0, 0.05) is 35.6 Å². The van der Waals surface area contributed by atoms with E-state index in [1.54, 1.807) is 0 Å². The Morgan fingerprint density at radius 3 is 2.80 bits per heavy atom. The van der Waals surface area contributed by atoms with Gasteiger partial charge in [-0.3, -0.25) is 19.8 Å². The van der Waals surface area contributed by atoms with E-state index in [1.165, 1.54) is 22.2 Å². The highest BCUT2D eigenvalue weighted by Gasteiger charge is 2.43. The van der Waals surface area contributed by atoms with Crippen LogP contribution in [0.2, 0.25) is 0 Å². The molecule has 2 fully saturated rings. The fourth-order valence-corrected chi connectivity index (χ4v) is 5.24. The van der Waals surface area contributed by atoms with E-state index in [0.29, 0.717) is 18.9 Å². The summed E-state index contributed by atoms with van der Waals surface area (Å²) in [5, 5.41) is 3.90. The molecule has 130 valence electrons. The molecule has 1 aromatic carbocycles. The molecule has 0 spiro atoms. The standard InChI is InChI=1S/C20H23N3O2/c24-18-9-8-14(20(25)22-18)16-6-3-7-17-19-13(10-11-23(16)17)12-4-1-2-5-15(12)21-19/h1-2,4-5,14,16-17,21H,3,6-11H2,(H,22,24,25)/t14-,16+,17-/m1/s1. The number of hydrogen-bond donors (Lipinski definition) is 2. The maximum atomic E-state index is 12.4. The molecule has 0 saturated carbocycles. The Kier molecular flexibility index (Phi) is 3.45. The van der Waals surface area contributed by atoms with E-state index >= 15 is 0 Å². The van der Waals surface area contributed by atoms with Gasteiger partial charge in [-0.15, -0.1) is 0 Å². The largest absolute Gasteiger partial charge is 0.357 e. The Labute approximate surface area is 146 Å². The van der Waals surface area contributed by atoms with Crippen LogP contribution in [-0.2, 0) is 16.0 Å². The number of aromatic amines is 1. The molecule has 25 heavy (non-hydrogen) atoms. The molecule has 0 radical (unpaired) electrons. The van der Waals surface area contributed by atoms with Crippen LogP contribution in [0.25, 0.3) is 10.9 Å². The lowest BCUT2D eigenvalue weighted by molar-refractivity contribution is -0.139. The van der Waals surface area contributed by atoms with E-state index in [9.17, 15) is 9.59 Å². The van der Waals surface area contributed by atoms with Gasteiger partial charge < -0.3 is 4.98 Å². The molecule has 5 rings (SSSR count). The van der Waals surface area contributed by atoms with E-state index in [-0.39, 0.29) is 23.8 Å². The number of carbonyl (C=O) groups excluding carboxylic acids is 2. The molecule has 2 aromatic rings. The number of rotatable bonds is 1. The molecular weight excluding hydrogens is 314 g/mol. The maximum Gasteiger partial charge on any atom is 0.231 e. The van der Waals surface area contributed by atoms with E-state index < -0.39 is 0 Å². The van der Waals surface area contributed by atoms with Crippen LogP contribution in [0.5, 0.6) is 0 Å². The first kappa shape index (κ1) is 15.1. The Morgan fingerprint density at radius 2 is 1.92 bits per heavy atom. The third-order valence-corrected chi connectivity index (χ3v) is 6.35. The Balaban J connectivity index is 1.49. The molecule has 3 atom stereocenters. The van der Waals surface area contributed by atoms with Gasteiger partial charge in [-0.05, 0) is 43.7 Å². The van der Waals surface area contributed by atoms with Gasteiger partial charge in [-0.2, -0.15) is 0 Å². The number of imide groups is 1. The summed E-state index contributed by atoms with van der Waals surface area (Å²) < 4.78 is 0. The van der Waals surface area contributed by atoms with Crippen molar-refractivity contribution >= 4 is 22.7 Å². The average molecular weight is 337 g/mol. The summed E-state index contributed by atoms with van der Waals surface area (Å²) in [6.45, 7) is 1.00. The smallest absolute Gasteiger partial charge is 0.231 e. The first-order valence-corrected chi connectivity index (χ1v) is 9.41. The molecule has 2 saturated heterocycles. The number of nitrogens with one attached hydrogen (secondary N) is 2. The van der Waals surface area contributed by atoms with Crippen molar-refractivity contribution in [1.29, 1.82) is 0 Å². The van der Waals surface area contributed by atoms with Crippen molar-refractivity contribution < 1.29 is 9.59 Å². The Bertz CT molecular complexity index is 856. The molecule has 0 aliphatic carbocycles. The number of amides is 2. The molecular formula is C20H23N3O2. The van der Waals surface area contributed by atoms with Crippen LogP contribution in [-0.4, -0.2) is 34.3 Å². The summed E-state index contributed by atoms with van der Waals surface area (Å²) in [7, 11) is 0. The number of carbonyl (C=O) groups is 2. The summed E-state index contributed by atoms with van der Waals surface area (Å²) in [4.78, 5) is 30.1. The quantitative estimate of drug-likeness (QED) is 0.786. The van der Waals surface area contributed by atoms with E-state index in [0.717, 1.165) is 32.2 Å². The summed E-state index contributed by atoms with van der Waals surface area (Å²) >= 11 is 0. The van der Waals surface area contributed by atoms with Gasteiger partial charge in [0.05, 0.1) is 12.0 Å². The Hall–Kier alpha value is -2.14. The van der Waals surface area contributed by atoms with Crippen molar-refractivity contribution in [2.75, 3.05) is 6.54 Å². The van der Waals surface area contributed by atoms with Crippen LogP contribution in [0.3, 0.4) is 0 Å². The zero-order valence-corrected chi connectivity index (χ0v) is 14.3. The molecule has 3 aliphatic rings. The van der Waals surface area contributed by atoms with Crippen LogP contribution >= 0.6 is 0 Å². The molecule has 5 nitrogen and oxygen atoms in total. The van der Waals surface area contributed by atoms with Gasteiger partial charge in [-0.25, -0.2) is 0 Å². The second kappa shape index (κ2) is 5.70. The van der Waals surface area contributed by atoms with Crippen LogP contribution < -0.4 is 5.32 Å². The summed E-state index contributed by atoms with van der Waals surface area (Å²) in [5.41, 5.74) is 4.03. The van der Waals surface area contributed by atoms with Gasteiger partial charge in [0.1, 0.15) is 0 Å². The summed E-state index contributed by atoms with van der Waals surface area (Å²) in [6.07, 6.45) is 5.53. The maximum absolute atomic E-state index is 12.4. The normalized spacial score (nSPS) is 30.0. The van der Waals surface area contributed by atoms with E-state index in [2.05, 4.69) is 39.5 Å². The number of hydrogen-bond acceptors (Lipinski definition) is 3. The predicted molar refractivity (Wildman–Crippen MR) is 95.0 cm³/mol. The minimum atomic E-state index is -0.120. The van der Waals surface area contributed by atoms with Crippen molar-refractivity contribution in [3.05, 3.63) is 35.5 Å². The predicted octanol–water partition coefficient (Wildman–Crippen LogP) is 2.67. The lowest BCUT2D eigenvalue weighted by Crippen LogP contribution is -2.54. The van der Waals surface area contributed by atoms with E-state index in [1.807, 2.05) is 0 Å². The summed E-state index contributed by atoms with van der Waals surface area (Å²) in [5.74, 6) is -0.235. The molecule has 2 amide bonds. The van der Waals surface area contributed by atoms with Crippen LogP contribution in [0, 0.1) is 5.92 Å². The van der Waals surface area contributed by atoms with E-state index in [4.69, 9.17) is 0 Å². The molecule has 5 heteroatoms. The topological polar surface area (TPSA) is 65.2 Å². The second-order valence-electron chi connectivity index (χ2n) is 7.62. The van der Waals surface area contributed by atoms with Crippen LogP contribution in [0.1, 0.15) is 49.4 Å². The average Bonchev–Trinajstić information content (AvgIpc) is 3.00. The number of para-hydroxylation sites is 1. The highest BCUT2D eigenvalue weighted by molar-refractivity contribution is 5.99. The zero-order chi connectivity index (χ0) is 17.0. The number of fused-ring (bicyclic) bond motifs is 5. The highest BCUT2D eigenvalue weighted by Crippen LogP contribution is 2.43. The molecule has 3 aliphatic heterocycles. The Morgan fingerprint density at radius 1 is 1.04 bits per heavy atom. The molecule has 0 bridgehead atoms. The first-order valence-electron chi connectivity index (χ1n) is 9.41. The lowest BCUT2D eigenvalue weighted by Gasteiger charge is -2.47. The van der Waals surface area contributed by atoms with Crippen LogP contribution in [0.15, 0.2) is 24.3 Å². The second-order valence-corrected chi connectivity index (χ2v) is 7.62. The molecule has 1 aromatic heterocycles. The number of piperidine rings is 2. The SMILES string of the molecule is O=C1CC[C@H]([C@@H]2CCC[C@@H]3c4[nH]c5ccccc5c4CCN32)C(=O)N1. The minimum Gasteiger partial charge on any atom is -0.357 e. The van der Waals surface area contributed by atoms with Crippen molar-refractivity contribution in [3.8, 4) is 0 Å². The summed E-state index contributed by atoms with van der Waals surface area (Å²) in [6, 6.07) is 9.18. The first-order chi connectivity index (χ1) is 12.2. The number of aromatic nitrogens is 1. The third-order valence-electron chi connectivity index (χ3n) is 6.35. The van der Waals surface area contributed by atoms with Gasteiger partial charge >= 0.3 is 0 Å². The molecule has 2 N–H and O–H groups in total. The van der Waals surface area contributed by atoms with Gasteiger partial charge in [0.2, 0.25) is 11.8 Å². The lowest BCUT2D eigenvalue weighted by atomic mass is 9.79. The number of nitrogens with zero attached hydrogens (tertiary/aromatic N) is 1. The fraction of sp³-hybridized carbons (Fsp3) is 0.500. The zero-order valence-electron chi connectivity index (χ0n) is 14.3. The number of H-pyrrole nitrogens is 1. The molecule has 4 heterocycles. The van der Waals surface area contributed by atoms with Gasteiger partial charge in [0.25, 0.3) is 0 Å². The van der Waals surface area contributed by atoms with Crippen LogP contribution in [0.4, 0.5) is 0 Å². The van der Waals surface area contributed by atoms with Crippen molar-refractivity contribution in [3.63, 3.8) is 0 Å². The van der Waals surface area contributed by atoms with Crippen molar-refractivity contribution in [2.45, 2.75) is 50.6 Å². The third kappa shape index (κ3) is 2.33. The highest BCUT2D eigenvalue weighted by atomic mass is 16.2. The fourth-order valence-electron chi connectivity index (χ4n) is 5.24. The number of benzene rings is 1. The monoisotopic (exact) mass is 337 g/mol. The minimum absolute atomic E-state index is 0.0496. The van der Waals surface area contributed by atoms with Gasteiger partial charge in [0.15, 0.2) is 0 Å². The molecule has 0 unspecified atom stereocenters. The van der Waals surface area contributed by atoms with Gasteiger partial charge in [-0.1, -0.05) is 18.2 Å².